The second kappa shape index (κ2) is 14.0. The van der Waals surface area contributed by atoms with E-state index in [1.807, 2.05) is 5.57 Å². The van der Waals surface area contributed by atoms with E-state index < -0.39 is 0 Å². The van der Waals surface area contributed by atoms with Crippen LogP contribution in [0.5, 0.6) is 0 Å². The summed E-state index contributed by atoms with van der Waals surface area (Å²) < 4.78 is 2.83. The predicted molar refractivity (Wildman–Crippen MR) is 213 cm³/mol. The third-order valence-corrected chi connectivity index (χ3v) is 14.6. The maximum absolute atomic E-state index is 9.86. The zero-order chi connectivity index (χ0) is 34.6. The zero-order valence-corrected chi connectivity index (χ0v) is 31.4. The number of hydrogen-bond donors (Lipinski definition) is 1. The average Bonchev–Trinajstić information content (AvgIpc) is 3.74. The van der Waals surface area contributed by atoms with Crippen LogP contribution in [0, 0.1) is 29.1 Å². The minimum Gasteiger partial charge on any atom is -0.352 e. The van der Waals surface area contributed by atoms with Crippen LogP contribution in [-0.4, -0.2) is 21.7 Å². The number of nitrogens with one attached hydrogen (secondary N) is 1. The lowest BCUT2D eigenvalue weighted by Crippen LogP contribution is -2.55. The van der Waals surface area contributed by atoms with Crippen molar-refractivity contribution in [3.05, 3.63) is 104 Å². The molecule has 7 aliphatic carbocycles. The molecule has 6 atom stereocenters. The Morgan fingerprint density at radius 2 is 1.54 bits per heavy atom. The van der Waals surface area contributed by atoms with Gasteiger partial charge in [0.2, 0.25) is 0 Å². The van der Waals surface area contributed by atoms with E-state index in [1.165, 1.54) is 101 Å². The standard InChI is InChI=1S/C48H58N4/c49-31-32-14-13-15-33(28-32)35-16-1-3-18-37(35)38-19-4-2-17-36(38)34-29-47(51-43-24-9-5-20-39(43)40-21-6-10-25-44(40)51)50-48(30-34)52-45-26-11-7-22-41(45)42-23-8-12-27-46(42)52/h5,10-11,14,16,18,20,25-26,33-34,41,45,47-48,50H,1-4,6-9,12-13,15,17,19,21-24,27-30H2. The minimum absolute atomic E-state index is 0.294. The van der Waals surface area contributed by atoms with Crippen molar-refractivity contribution in [2.75, 3.05) is 0 Å². The van der Waals surface area contributed by atoms with E-state index in [2.05, 4.69) is 75.5 Å². The van der Waals surface area contributed by atoms with Crippen LogP contribution in [0.15, 0.2) is 81.7 Å². The van der Waals surface area contributed by atoms with Crippen LogP contribution in [0.2, 0.25) is 0 Å². The Morgan fingerprint density at radius 3 is 2.48 bits per heavy atom. The van der Waals surface area contributed by atoms with Gasteiger partial charge in [-0.15, -0.1) is 0 Å². The van der Waals surface area contributed by atoms with Crippen LogP contribution in [0.4, 0.5) is 0 Å². The summed E-state index contributed by atoms with van der Waals surface area (Å²) in [5.74, 6) is 1.77. The second-order valence-electron chi connectivity index (χ2n) is 17.4. The zero-order valence-electron chi connectivity index (χ0n) is 31.4. The molecule has 10 rings (SSSR count). The molecule has 6 unspecified atom stereocenters. The maximum atomic E-state index is 9.86. The van der Waals surface area contributed by atoms with Crippen LogP contribution in [0.3, 0.4) is 0 Å². The Kier molecular flexibility index (Phi) is 8.91. The molecule has 0 radical (unpaired) electrons. The van der Waals surface area contributed by atoms with E-state index in [0.717, 1.165) is 50.5 Å². The van der Waals surface area contributed by atoms with Gasteiger partial charge in [0.05, 0.1) is 24.4 Å². The second-order valence-corrected chi connectivity index (χ2v) is 17.4. The molecule has 4 nitrogen and oxygen atoms in total. The molecule has 1 fully saturated rings. The van der Waals surface area contributed by atoms with E-state index >= 15 is 0 Å². The van der Waals surface area contributed by atoms with Crippen LogP contribution >= 0.6 is 0 Å². The molecule has 9 aliphatic rings. The number of fused-ring (bicyclic) bond motifs is 5. The van der Waals surface area contributed by atoms with Crippen molar-refractivity contribution in [1.29, 1.82) is 5.26 Å². The Balaban J connectivity index is 1.08. The van der Waals surface area contributed by atoms with Crippen molar-refractivity contribution in [2.45, 2.75) is 153 Å². The van der Waals surface area contributed by atoms with Gasteiger partial charge in [0.25, 0.3) is 0 Å². The smallest absolute Gasteiger partial charge is 0.0943 e. The maximum Gasteiger partial charge on any atom is 0.0943 e. The minimum atomic E-state index is 0.294. The first kappa shape index (κ1) is 33.1. The first-order valence-electron chi connectivity index (χ1n) is 21.5. The summed E-state index contributed by atoms with van der Waals surface area (Å²) in [6, 6.07) is 3.05. The van der Waals surface area contributed by atoms with Crippen molar-refractivity contribution in [3.63, 3.8) is 0 Å². The van der Waals surface area contributed by atoms with E-state index in [1.54, 1.807) is 39.2 Å². The molecule has 0 amide bonds. The quantitative estimate of drug-likeness (QED) is 0.313. The summed E-state index contributed by atoms with van der Waals surface area (Å²) in [5, 5.41) is 14.3. The SMILES string of the molecule is N#CC1=CCCC(C2=CCCC=C2C2=C(C3CC(N4C5=C(CCCC5)C5CCC=CC54)NC(n4c5c(c6c4CCC=C6)CCC=C5)C3)CCCC2)C1. The van der Waals surface area contributed by atoms with Crippen molar-refractivity contribution >= 4 is 12.2 Å². The van der Waals surface area contributed by atoms with E-state index in [-0.39, 0.29) is 0 Å². The van der Waals surface area contributed by atoms with Gasteiger partial charge in [-0.3, -0.25) is 5.32 Å². The van der Waals surface area contributed by atoms with E-state index in [0.29, 0.717) is 36.1 Å². The topological polar surface area (TPSA) is 44.0 Å². The van der Waals surface area contributed by atoms with Crippen molar-refractivity contribution in [3.8, 4) is 6.07 Å². The van der Waals surface area contributed by atoms with Crippen molar-refractivity contribution in [1.82, 2.24) is 14.8 Å². The van der Waals surface area contributed by atoms with Gasteiger partial charge in [-0.2, -0.15) is 5.26 Å². The molecule has 1 saturated heterocycles. The Hall–Kier alpha value is -3.55. The molecule has 270 valence electrons. The molecule has 4 heteroatoms. The normalized spacial score (nSPS) is 32.8. The highest BCUT2D eigenvalue weighted by molar-refractivity contribution is 5.69. The lowest BCUT2D eigenvalue weighted by atomic mass is 9.71. The fourth-order valence-corrected chi connectivity index (χ4v) is 12.5. The average molecular weight is 691 g/mol. The van der Waals surface area contributed by atoms with Gasteiger partial charge in [-0.1, -0.05) is 54.2 Å². The third-order valence-electron chi connectivity index (χ3n) is 14.6. The molecule has 1 aromatic rings. The van der Waals surface area contributed by atoms with Crippen LogP contribution in [0.1, 0.15) is 151 Å². The molecule has 1 N–H and O–H groups in total. The molecular formula is C48H58N4. The van der Waals surface area contributed by atoms with Crippen molar-refractivity contribution in [2.24, 2.45) is 17.8 Å². The van der Waals surface area contributed by atoms with Gasteiger partial charge in [-0.25, -0.2) is 0 Å². The highest BCUT2D eigenvalue weighted by Crippen LogP contribution is 2.51. The fourth-order valence-electron chi connectivity index (χ4n) is 12.5. The molecule has 0 bridgehead atoms. The Morgan fingerprint density at radius 1 is 0.712 bits per heavy atom. The van der Waals surface area contributed by atoms with Crippen LogP contribution in [0.25, 0.3) is 12.2 Å². The lowest BCUT2D eigenvalue weighted by Gasteiger charge is -2.48. The molecule has 3 heterocycles. The number of hydrogen-bond acceptors (Lipinski definition) is 3. The van der Waals surface area contributed by atoms with Gasteiger partial charge in [-0.05, 0) is 186 Å². The largest absolute Gasteiger partial charge is 0.352 e. The molecule has 0 saturated carbocycles. The molecule has 0 aromatic carbocycles. The molecule has 1 aromatic heterocycles. The van der Waals surface area contributed by atoms with E-state index in [4.69, 9.17) is 0 Å². The molecule has 2 aliphatic heterocycles. The Labute approximate surface area is 312 Å². The number of nitriles is 1. The summed E-state index contributed by atoms with van der Waals surface area (Å²) in [6.07, 6.45) is 48.4. The number of piperidine rings is 1. The van der Waals surface area contributed by atoms with Gasteiger partial charge < -0.3 is 9.47 Å². The lowest BCUT2D eigenvalue weighted by molar-refractivity contribution is 0.0792. The highest BCUT2D eigenvalue weighted by atomic mass is 15.4. The molecule has 52 heavy (non-hydrogen) atoms. The Bertz CT molecular complexity index is 1910. The summed E-state index contributed by atoms with van der Waals surface area (Å²) in [6.45, 7) is 0. The summed E-state index contributed by atoms with van der Waals surface area (Å²) in [7, 11) is 0. The number of nitrogens with zero attached hydrogens (tertiary/aromatic N) is 3. The first-order valence-corrected chi connectivity index (χ1v) is 21.5. The molecule has 0 spiro atoms. The third kappa shape index (κ3) is 5.64. The monoisotopic (exact) mass is 690 g/mol. The first-order chi connectivity index (χ1) is 25.8. The number of rotatable bonds is 5. The summed E-state index contributed by atoms with van der Waals surface area (Å²) in [5.41, 5.74) is 17.4. The number of aromatic nitrogens is 1. The predicted octanol–water partition coefficient (Wildman–Crippen LogP) is 11.5. The van der Waals surface area contributed by atoms with Gasteiger partial charge in [0.1, 0.15) is 0 Å². The van der Waals surface area contributed by atoms with Gasteiger partial charge in [0, 0.05) is 28.6 Å². The van der Waals surface area contributed by atoms with Crippen LogP contribution < -0.4 is 5.32 Å². The summed E-state index contributed by atoms with van der Waals surface area (Å²) in [4.78, 5) is 2.97. The van der Waals surface area contributed by atoms with E-state index in [9.17, 15) is 5.26 Å². The molecular weight excluding hydrogens is 633 g/mol. The fraction of sp³-hybridized carbons (Fsp3) is 0.562. The van der Waals surface area contributed by atoms with Crippen LogP contribution in [-0.2, 0) is 12.8 Å². The van der Waals surface area contributed by atoms with Crippen molar-refractivity contribution < 1.29 is 0 Å². The summed E-state index contributed by atoms with van der Waals surface area (Å²) >= 11 is 0. The number of allylic oxidation sites excluding steroid dienone is 12. The van der Waals surface area contributed by atoms with Gasteiger partial charge >= 0.3 is 0 Å². The highest BCUT2D eigenvalue weighted by Gasteiger charge is 2.47. The van der Waals surface area contributed by atoms with Gasteiger partial charge in [0.15, 0.2) is 0 Å².